The molecule has 35 heavy (non-hydrogen) atoms. The van der Waals surface area contributed by atoms with Gasteiger partial charge >= 0.3 is 17.9 Å². The minimum atomic E-state index is -1.14. The van der Waals surface area contributed by atoms with E-state index in [0.29, 0.717) is 45.1 Å². The van der Waals surface area contributed by atoms with Gasteiger partial charge in [-0.15, -0.1) is 0 Å². The van der Waals surface area contributed by atoms with Crippen LogP contribution in [0.5, 0.6) is 0 Å². The van der Waals surface area contributed by atoms with Gasteiger partial charge in [0.25, 0.3) is 0 Å². The number of carbonyl (C=O) groups excluding carboxylic acids is 3. The SMILES string of the molecule is CC(=O)OC[C@]12CC[C@@H](OC(C)=O)C[C@]1(O)CC[C@H]1[C@H]2CC[C@]2(C)[C@H](C3=CC(=O)OC3)CC[C@]12O. The average Bonchev–Trinajstić information content (AvgIpc) is 3.31. The van der Waals surface area contributed by atoms with Crippen LogP contribution in [0.15, 0.2) is 11.6 Å². The third kappa shape index (κ3) is 3.57. The predicted octanol–water partition coefficient (Wildman–Crippen LogP) is 2.83. The topological polar surface area (TPSA) is 119 Å². The first-order valence-electron chi connectivity index (χ1n) is 13.1. The van der Waals surface area contributed by atoms with Gasteiger partial charge in [-0.05, 0) is 74.7 Å². The summed E-state index contributed by atoms with van der Waals surface area (Å²) in [7, 11) is 0. The zero-order valence-electron chi connectivity index (χ0n) is 21.0. The smallest absolute Gasteiger partial charge is 0.331 e. The van der Waals surface area contributed by atoms with Crippen molar-refractivity contribution in [2.75, 3.05) is 13.2 Å². The number of rotatable bonds is 4. The molecule has 0 bridgehead atoms. The van der Waals surface area contributed by atoms with Crippen molar-refractivity contribution in [2.24, 2.45) is 28.6 Å². The molecule has 194 valence electrons. The van der Waals surface area contributed by atoms with E-state index in [1.807, 2.05) is 0 Å². The first-order valence-corrected chi connectivity index (χ1v) is 13.1. The van der Waals surface area contributed by atoms with Crippen molar-refractivity contribution in [3.05, 3.63) is 11.6 Å². The number of hydrogen-bond donors (Lipinski definition) is 2. The molecule has 4 fully saturated rings. The van der Waals surface area contributed by atoms with Gasteiger partial charge < -0.3 is 24.4 Å². The van der Waals surface area contributed by atoms with E-state index in [9.17, 15) is 24.6 Å². The van der Waals surface area contributed by atoms with E-state index < -0.39 is 16.6 Å². The summed E-state index contributed by atoms with van der Waals surface area (Å²) in [5, 5.41) is 24.5. The van der Waals surface area contributed by atoms with E-state index in [1.165, 1.54) is 13.8 Å². The van der Waals surface area contributed by atoms with E-state index in [2.05, 4.69) is 6.92 Å². The van der Waals surface area contributed by atoms with Crippen molar-refractivity contribution >= 4 is 17.9 Å². The quantitative estimate of drug-likeness (QED) is 0.456. The minimum Gasteiger partial charge on any atom is -0.465 e. The van der Waals surface area contributed by atoms with Crippen molar-refractivity contribution in [2.45, 2.75) is 95.9 Å². The molecule has 8 atom stereocenters. The summed E-state index contributed by atoms with van der Waals surface area (Å²) in [5.74, 6) is -1.03. The number of fused-ring (bicyclic) bond motifs is 5. The van der Waals surface area contributed by atoms with Crippen LogP contribution in [0.25, 0.3) is 0 Å². The van der Waals surface area contributed by atoms with Crippen molar-refractivity contribution in [1.29, 1.82) is 0 Å². The zero-order chi connectivity index (χ0) is 25.2. The van der Waals surface area contributed by atoms with E-state index in [-0.39, 0.29) is 53.8 Å². The Balaban J connectivity index is 1.48. The highest BCUT2D eigenvalue weighted by atomic mass is 16.5. The second-order valence-electron chi connectivity index (χ2n) is 12.0. The molecule has 8 nitrogen and oxygen atoms in total. The van der Waals surface area contributed by atoms with Crippen molar-refractivity contribution in [3.63, 3.8) is 0 Å². The summed E-state index contributed by atoms with van der Waals surface area (Å²) >= 11 is 0. The van der Waals surface area contributed by atoms with Gasteiger partial charge in [0.15, 0.2) is 0 Å². The Morgan fingerprint density at radius 3 is 2.43 bits per heavy atom. The predicted molar refractivity (Wildman–Crippen MR) is 124 cm³/mol. The van der Waals surface area contributed by atoms with Gasteiger partial charge in [0.2, 0.25) is 0 Å². The van der Waals surface area contributed by atoms with Gasteiger partial charge in [-0.1, -0.05) is 6.92 Å². The Hall–Kier alpha value is -1.93. The van der Waals surface area contributed by atoms with Crippen LogP contribution in [-0.2, 0) is 28.6 Å². The molecule has 1 heterocycles. The van der Waals surface area contributed by atoms with Gasteiger partial charge in [0.1, 0.15) is 12.7 Å². The number of hydrogen-bond acceptors (Lipinski definition) is 8. The lowest BCUT2D eigenvalue weighted by atomic mass is 9.41. The van der Waals surface area contributed by atoms with E-state index in [0.717, 1.165) is 24.8 Å². The number of ether oxygens (including phenoxy) is 3. The summed E-state index contributed by atoms with van der Waals surface area (Å²) in [5.41, 5.74) is -2.18. The summed E-state index contributed by atoms with van der Waals surface area (Å²) in [6.45, 7) is 5.33. The molecule has 0 radical (unpaired) electrons. The second kappa shape index (κ2) is 8.30. The molecule has 5 rings (SSSR count). The minimum absolute atomic E-state index is 0.0221. The molecule has 0 aromatic carbocycles. The Bertz CT molecular complexity index is 959. The highest BCUT2D eigenvalue weighted by Crippen LogP contribution is 2.70. The van der Waals surface area contributed by atoms with Crippen LogP contribution in [0.2, 0.25) is 0 Å². The summed E-state index contributed by atoms with van der Waals surface area (Å²) < 4.78 is 16.3. The zero-order valence-corrected chi connectivity index (χ0v) is 21.0. The van der Waals surface area contributed by atoms with E-state index in [4.69, 9.17) is 14.2 Å². The average molecular weight is 491 g/mol. The van der Waals surface area contributed by atoms with Crippen molar-refractivity contribution in [1.82, 2.24) is 0 Å². The number of cyclic esters (lactones) is 1. The molecule has 0 aromatic heterocycles. The molecule has 2 N–H and O–H groups in total. The second-order valence-corrected chi connectivity index (χ2v) is 12.0. The van der Waals surface area contributed by atoms with Gasteiger partial charge in [-0.2, -0.15) is 0 Å². The van der Waals surface area contributed by atoms with Gasteiger partial charge in [-0.25, -0.2) is 4.79 Å². The molecule has 1 aliphatic heterocycles. The van der Waals surface area contributed by atoms with Gasteiger partial charge in [0.05, 0.1) is 17.8 Å². The van der Waals surface area contributed by atoms with Crippen molar-refractivity contribution < 1.29 is 38.8 Å². The van der Waals surface area contributed by atoms with Crippen LogP contribution in [0.1, 0.15) is 78.6 Å². The van der Waals surface area contributed by atoms with Crippen LogP contribution in [0, 0.1) is 28.6 Å². The number of esters is 3. The monoisotopic (exact) mass is 490 g/mol. The lowest BCUT2D eigenvalue weighted by Gasteiger charge is -2.66. The maximum atomic E-state index is 12.4. The Kier molecular flexibility index (Phi) is 5.87. The molecule has 0 amide bonds. The molecule has 0 unspecified atom stereocenters. The lowest BCUT2D eigenvalue weighted by molar-refractivity contribution is -0.271. The first-order chi connectivity index (χ1) is 16.4. The fraction of sp³-hybridized carbons (Fsp3) is 0.815. The normalized spacial score (nSPS) is 46.5. The lowest BCUT2D eigenvalue weighted by Crippen LogP contribution is -2.69. The van der Waals surface area contributed by atoms with Crippen LogP contribution in [0.4, 0.5) is 0 Å². The summed E-state index contributed by atoms with van der Waals surface area (Å²) in [6.07, 6.45) is 6.83. The first kappa shape index (κ1) is 24.8. The third-order valence-electron chi connectivity index (χ3n) is 10.6. The standard InChI is InChI=1S/C27H38O8/c1-16(28)34-15-25-9-4-19(35-17(2)29)13-26(25,31)10-6-22-21(25)5-8-24(3)20(7-11-27(22,24)32)18-12-23(30)33-14-18/h12,19-22,31-32H,4-11,13-15H2,1-3H3/t19-,20+,21-,22+,24-,25+,26-,27+/m1/s1. The molecule has 4 aliphatic carbocycles. The molecule has 5 aliphatic rings. The van der Waals surface area contributed by atoms with Crippen LogP contribution in [-0.4, -0.2) is 58.6 Å². The molecule has 0 spiro atoms. The van der Waals surface area contributed by atoms with Crippen LogP contribution in [0.3, 0.4) is 0 Å². The maximum absolute atomic E-state index is 12.4. The Labute approximate surface area is 206 Å². The highest BCUT2D eigenvalue weighted by molar-refractivity contribution is 5.85. The summed E-state index contributed by atoms with van der Waals surface area (Å²) in [6, 6.07) is 0. The fourth-order valence-corrected chi connectivity index (χ4v) is 9.03. The maximum Gasteiger partial charge on any atom is 0.331 e. The molecule has 0 aromatic rings. The summed E-state index contributed by atoms with van der Waals surface area (Å²) in [4.78, 5) is 35.3. The number of carbonyl (C=O) groups is 3. The van der Waals surface area contributed by atoms with Gasteiger partial charge in [0, 0.05) is 37.2 Å². The largest absolute Gasteiger partial charge is 0.465 e. The Morgan fingerprint density at radius 1 is 1.03 bits per heavy atom. The van der Waals surface area contributed by atoms with E-state index >= 15 is 0 Å². The molecule has 8 heteroatoms. The van der Waals surface area contributed by atoms with Crippen LogP contribution < -0.4 is 0 Å². The van der Waals surface area contributed by atoms with Crippen LogP contribution >= 0.6 is 0 Å². The fourth-order valence-electron chi connectivity index (χ4n) is 9.03. The van der Waals surface area contributed by atoms with Crippen molar-refractivity contribution in [3.8, 4) is 0 Å². The van der Waals surface area contributed by atoms with Gasteiger partial charge in [-0.3, -0.25) is 9.59 Å². The molecule has 4 saturated carbocycles. The van der Waals surface area contributed by atoms with E-state index in [1.54, 1.807) is 6.08 Å². The third-order valence-corrected chi connectivity index (χ3v) is 10.6. The Morgan fingerprint density at radius 2 is 1.77 bits per heavy atom. The number of aliphatic hydroxyl groups is 2. The molecular formula is C27H38O8. The molecule has 0 saturated heterocycles. The molecular weight excluding hydrogens is 452 g/mol. The highest BCUT2D eigenvalue weighted by Gasteiger charge is 2.71.